The van der Waals surface area contributed by atoms with Gasteiger partial charge in [-0.05, 0) is 122 Å². The number of hydrogen-bond donors (Lipinski definition) is 20. The van der Waals surface area contributed by atoms with Gasteiger partial charge in [0.2, 0.25) is 82.7 Å². The van der Waals surface area contributed by atoms with Crippen LogP contribution in [-0.2, 0) is 91.2 Å². The largest absolute Gasteiger partial charge is 0.508 e. The van der Waals surface area contributed by atoms with Crippen molar-refractivity contribution in [2.45, 2.75) is 184 Å². The number of amides is 14. The predicted molar refractivity (Wildman–Crippen MR) is 385 cm³/mol. The Hall–Kier alpha value is -11.6. The molecule has 21 N–H and O–H groups in total. The zero-order valence-electron chi connectivity index (χ0n) is 60.6. The molecule has 4 heterocycles. The fraction of sp³-hybridized carbons (Fsp3) is 0.479. The number of carbonyl (C=O) groups excluding carboxylic acids is 14. The molecule has 0 saturated carbocycles. The molecule has 37 nitrogen and oxygen atoms in total. The van der Waals surface area contributed by atoms with E-state index in [1.54, 1.807) is 60.9 Å². The number of aliphatic carboxylic acids is 1. The summed E-state index contributed by atoms with van der Waals surface area (Å²) in [4.78, 5) is 210. The number of para-hydroxylation sites is 2. The summed E-state index contributed by atoms with van der Waals surface area (Å²) in [7, 11) is 0. The molecule has 0 unspecified atom stereocenters. The van der Waals surface area contributed by atoms with Gasteiger partial charge in [0.15, 0.2) is 0 Å². The summed E-state index contributed by atoms with van der Waals surface area (Å²) in [5, 5.41) is 80.9. The van der Waals surface area contributed by atoms with Crippen molar-refractivity contribution >= 4 is 110 Å². The number of carboxylic acids is 1. The van der Waals surface area contributed by atoms with Crippen molar-refractivity contribution in [1.82, 2.24) is 83.6 Å². The van der Waals surface area contributed by atoms with E-state index in [1.165, 1.54) is 51.7 Å². The number of phenols is 1. The summed E-state index contributed by atoms with van der Waals surface area (Å²) in [6.07, 6.45) is 0.895. The van der Waals surface area contributed by atoms with Crippen LogP contribution in [0.1, 0.15) is 90.8 Å². The molecule has 0 spiro atoms. The minimum atomic E-state index is -1.80. The van der Waals surface area contributed by atoms with Crippen molar-refractivity contribution in [1.29, 1.82) is 0 Å². The molecule has 2 aliphatic heterocycles. The number of rotatable bonds is 36. The Balaban J connectivity index is 0.904. The standard InChI is InChI=1S/C71H95N17O20/c1-34(60(96)82-50(27-42-29-73-48-16-10-8-14-45(42)48)65(101)86-57(39(6)90)67(103)76-32-56(94)85-58(40(7)91)68(104)81-38(5)69(105)88-25-13-19-54(88)71(107)108)77-55(93)31-75-64(100)52(33-89)84-62(98)37(4)80-66(102)53-18-12-24-87(53)70(106)51(28-43-30-74-49-17-11-9-15-46(43)49)83-61(97)36(3)78-59(95)35(2)79-63(99)47(72)26-41-20-22-44(92)23-21-41/h8-11,14-17,20-23,29-30,34-40,47,50-54,57-58,73-74,89-92H,12-13,18-19,24-28,31-33,72H2,1-7H3,(H,75,100)(H,76,103)(H,77,93)(H,78,95)(H,79,99)(H,80,102)(H,81,104)(H,82,96)(H,83,97)(H,84,98)(H,85,94)(H,86,101)(H,107,108)/t34-,35-,36-,37-,38-,39+,40+,47-,50-,51-,52-,53-,54-,57-,58-/m0/s1. The first-order chi connectivity index (χ1) is 51.1. The molecule has 5 aromatic rings. The molecular formula is C71H95N17O20. The second-order valence-electron chi connectivity index (χ2n) is 26.8. The minimum Gasteiger partial charge on any atom is -0.508 e. The second kappa shape index (κ2) is 38.6. The Labute approximate surface area is 619 Å². The van der Waals surface area contributed by atoms with Gasteiger partial charge in [-0.1, -0.05) is 48.5 Å². The van der Waals surface area contributed by atoms with Crippen LogP contribution in [0.4, 0.5) is 0 Å². The van der Waals surface area contributed by atoms with E-state index in [4.69, 9.17) is 5.73 Å². The highest BCUT2D eigenvalue weighted by Crippen LogP contribution is 2.25. The zero-order valence-corrected chi connectivity index (χ0v) is 60.6. The number of aliphatic hydroxyl groups excluding tert-OH is 3. The Morgan fingerprint density at radius 3 is 1.45 bits per heavy atom. The fourth-order valence-corrected chi connectivity index (χ4v) is 12.3. The summed E-state index contributed by atoms with van der Waals surface area (Å²) in [5.41, 5.74) is 9.26. The molecule has 584 valence electrons. The van der Waals surface area contributed by atoms with E-state index in [2.05, 4.69) is 73.8 Å². The van der Waals surface area contributed by atoms with E-state index in [9.17, 15) is 97.5 Å². The molecule has 14 amide bonds. The third-order valence-corrected chi connectivity index (χ3v) is 18.4. The van der Waals surface area contributed by atoms with Gasteiger partial charge in [0, 0.05) is 60.1 Å². The first kappa shape index (κ1) is 83.7. The number of likely N-dealkylation sites (tertiary alicyclic amines) is 2. The maximum absolute atomic E-state index is 14.7. The average molecular weight is 1510 g/mol. The number of fused-ring (bicyclic) bond motifs is 2. The normalized spacial score (nSPS) is 17.7. The van der Waals surface area contributed by atoms with E-state index in [0.29, 0.717) is 40.4 Å². The quantitative estimate of drug-likeness (QED) is 0.0178. The highest BCUT2D eigenvalue weighted by atomic mass is 16.4. The summed E-state index contributed by atoms with van der Waals surface area (Å²) in [6.45, 7) is 6.34. The Morgan fingerprint density at radius 2 is 0.907 bits per heavy atom. The Kier molecular flexibility index (Phi) is 29.9. The number of aromatic amines is 2. The third-order valence-electron chi connectivity index (χ3n) is 18.4. The topological polar surface area (TPSA) is 566 Å². The van der Waals surface area contributed by atoms with Crippen molar-refractivity contribution in [3.63, 3.8) is 0 Å². The van der Waals surface area contributed by atoms with Crippen LogP contribution < -0.4 is 69.5 Å². The van der Waals surface area contributed by atoms with E-state index < -0.39 is 199 Å². The highest BCUT2D eigenvalue weighted by molar-refractivity contribution is 6.01. The molecule has 2 aromatic heterocycles. The number of H-pyrrole nitrogens is 2. The number of benzene rings is 3. The Bertz CT molecular complexity index is 4130. The molecule has 37 heteroatoms. The lowest BCUT2D eigenvalue weighted by molar-refractivity contribution is -0.149. The van der Waals surface area contributed by atoms with E-state index in [-0.39, 0.29) is 50.9 Å². The number of aliphatic hydroxyl groups is 3. The number of aromatic hydroxyl groups is 1. The lowest BCUT2D eigenvalue weighted by Crippen LogP contribution is -2.60. The molecule has 0 bridgehead atoms. The van der Waals surface area contributed by atoms with Gasteiger partial charge < -0.3 is 115 Å². The summed E-state index contributed by atoms with van der Waals surface area (Å²) < 4.78 is 0. The van der Waals surface area contributed by atoms with Gasteiger partial charge in [0.1, 0.15) is 78.3 Å². The van der Waals surface area contributed by atoms with Crippen molar-refractivity contribution in [3.05, 3.63) is 102 Å². The first-order valence-electron chi connectivity index (χ1n) is 35.2. The summed E-state index contributed by atoms with van der Waals surface area (Å²) in [5.74, 6) is -13.7. The maximum Gasteiger partial charge on any atom is 0.326 e. The third kappa shape index (κ3) is 22.7. The summed E-state index contributed by atoms with van der Waals surface area (Å²) in [6, 6.07) is 2.30. The van der Waals surface area contributed by atoms with E-state index in [0.717, 1.165) is 29.7 Å². The molecule has 3 aromatic carbocycles. The number of carboxylic acid groups (broad SMARTS) is 1. The monoisotopic (exact) mass is 1510 g/mol. The molecular weight excluding hydrogens is 1410 g/mol. The van der Waals surface area contributed by atoms with Crippen LogP contribution in [0.15, 0.2) is 85.2 Å². The van der Waals surface area contributed by atoms with Crippen LogP contribution >= 0.6 is 0 Å². The number of nitrogens with one attached hydrogen (secondary N) is 14. The number of aromatic nitrogens is 2. The van der Waals surface area contributed by atoms with Crippen molar-refractivity contribution in [2.24, 2.45) is 5.73 Å². The molecule has 108 heavy (non-hydrogen) atoms. The number of phenolic OH excluding ortho intramolecular Hbond substituents is 1. The lowest BCUT2D eigenvalue weighted by Gasteiger charge is -2.30. The van der Waals surface area contributed by atoms with Gasteiger partial charge >= 0.3 is 5.97 Å². The predicted octanol–water partition coefficient (Wildman–Crippen LogP) is -5.29. The average Bonchev–Trinajstić information content (AvgIpc) is 1.65. The lowest BCUT2D eigenvalue weighted by atomic mass is 10.0. The molecule has 15 atom stereocenters. The van der Waals surface area contributed by atoms with Crippen molar-refractivity contribution in [3.8, 4) is 5.75 Å². The second-order valence-corrected chi connectivity index (χ2v) is 26.8. The fourth-order valence-electron chi connectivity index (χ4n) is 12.3. The van der Waals surface area contributed by atoms with Crippen LogP contribution in [0.3, 0.4) is 0 Å². The SMILES string of the molecule is C[C@H](NC(=O)CNC(=O)[C@H](CO)NC(=O)[C@H](C)NC(=O)[C@@H]1CCCN1C(=O)[C@H](Cc1c[nH]c2ccccc12)NC(=O)[C@H](C)NC(=O)[C@H](C)NC(=O)[C@@H](N)Cc1ccc(O)cc1)C(=O)N[C@@H](Cc1c[nH]c2ccccc12)C(=O)N[C@H](C(=O)NCC(=O)N[C@H](C(=O)N[C@@H](C)C(=O)N1CCC[C@H]1C(=O)O)[C@@H](C)O)[C@@H](C)O. The zero-order chi connectivity index (χ0) is 79.4. The maximum atomic E-state index is 14.7. The van der Waals surface area contributed by atoms with Crippen LogP contribution in [0.5, 0.6) is 5.75 Å². The van der Waals surface area contributed by atoms with Crippen LogP contribution in [0, 0.1) is 0 Å². The van der Waals surface area contributed by atoms with E-state index in [1.807, 2.05) is 12.1 Å². The van der Waals surface area contributed by atoms with Gasteiger partial charge in [0.05, 0.1) is 37.9 Å². The first-order valence-corrected chi connectivity index (χ1v) is 35.2. The minimum absolute atomic E-state index is 0.0285. The van der Waals surface area contributed by atoms with Crippen LogP contribution in [0.2, 0.25) is 0 Å². The van der Waals surface area contributed by atoms with Gasteiger partial charge in [-0.25, -0.2) is 4.79 Å². The number of nitrogens with zero attached hydrogens (tertiary/aromatic N) is 2. The molecule has 7 rings (SSSR count). The van der Waals surface area contributed by atoms with Crippen LogP contribution in [0.25, 0.3) is 21.8 Å². The van der Waals surface area contributed by atoms with Gasteiger partial charge in [-0.15, -0.1) is 0 Å². The molecule has 0 radical (unpaired) electrons. The molecule has 2 aliphatic rings. The van der Waals surface area contributed by atoms with Crippen molar-refractivity contribution in [2.75, 3.05) is 32.8 Å². The van der Waals surface area contributed by atoms with Gasteiger partial charge in [-0.2, -0.15) is 0 Å². The number of carbonyl (C=O) groups is 15. The highest BCUT2D eigenvalue weighted by Gasteiger charge is 2.42. The Morgan fingerprint density at radius 1 is 0.463 bits per heavy atom. The van der Waals surface area contributed by atoms with Crippen LogP contribution in [-0.4, -0.2) is 258 Å². The number of hydrogen-bond acceptors (Lipinski definition) is 20. The smallest absolute Gasteiger partial charge is 0.326 e. The van der Waals surface area contributed by atoms with Gasteiger partial charge in [0.25, 0.3) is 0 Å². The summed E-state index contributed by atoms with van der Waals surface area (Å²) >= 11 is 0. The molecule has 2 saturated heterocycles. The van der Waals surface area contributed by atoms with Gasteiger partial charge in [-0.3, -0.25) is 67.1 Å². The van der Waals surface area contributed by atoms with E-state index >= 15 is 0 Å². The van der Waals surface area contributed by atoms with Crippen molar-refractivity contribution < 1.29 is 97.5 Å². The molecule has 2 fully saturated rings. The molecule has 0 aliphatic carbocycles. The number of nitrogens with two attached hydrogens (primary N) is 1.